The smallest absolute Gasteiger partial charge is 0.330 e. The first-order valence-electron chi connectivity index (χ1n) is 8.66. The summed E-state index contributed by atoms with van der Waals surface area (Å²) in [5.74, 6) is -0.930. The molecule has 1 N–H and O–H groups in total. The Kier molecular flexibility index (Phi) is 7.37. The van der Waals surface area contributed by atoms with Gasteiger partial charge in [0.2, 0.25) is 10.0 Å². The van der Waals surface area contributed by atoms with E-state index in [1.54, 1.807) is 6.92 Å². The van der Waals surface area contributed by atoms with E-state index in [9.17, 15) is 18.0 Å². The molecule has 1 heterocycles. The number of esters is 1. The first kappa shape index (κ1) is 20.9. The third-order valence-corrected chi connectivity index (χ3v) is 5.94. The van der Waals surface area contributed by atoms with Crippen LogP contribution >= 0.6 is 0 Å². The molecule has 9 heteroatoms. The Morgan fingerprint density at radius 3 is 2.56 bits per heavy atom. The third kappa shape index (κ3) is 5.54. The van der Waals surface area contributed by atoms with Crippen LogP contribution in [0, 0.1) is 0 Å². The van der Waals surface area contributed by atoms with Gasteiger partial charge in [-0.25, -0.2) is 13.2 Å². The highest BCUT2D eigenvalue weighted by atomic mass is 32.2. The van der Waals surface area contributed by atoms with Crippen LogP contribution in [0.4, 0.5) is 5.69 Å². The van der Waals surface area contributed by atoms with Crippen LogP contribution in [0.2, 0.25) is 0 Å². The van der Waals surface area contributed by atoms with Gasteiger partial charge in [0.25, 0.3) is 5.91 Å². The molecule has 2 rings (SSSR count). The number of rotatable bonds is 7. The topological polar surface area (TPSA) is 102 Å². The van der Waals surface area contributed by atoms with Gasteiger partial charge in [-0.3, -0.25) is 4.79 Å². The van der Waals surface area contributed by atoms with E-state index in [0.717, 1.165) is 19.3 Å². The zero-order valence-corrected chi connectivity index (χ0v) is 16.3. The van der Waals surface area contributed by atoms with E-state index < -0.39 is 28.5 Å². The van der Waals surface area contributed by atoms with Gasteiger partial charge in [-0.15, -0.1) is 0 Å². The lowest BCUT2D eigenvalue weighted by Crippen LogP contribution is -2.35. The van der Waals surface area contributed by atoms with Gasteiger partial charge in [-0.2, -0.15) is 4.31 Å². The van der Waals surface area contributed by atoms with Gasteiger partial charge in [0.15, 0.2) is 6.61 Å². The normalized spacial score (nSPS) is 15.5. The summed E-state index contributed by atoms with van der Waals surface area (Å²) < 4.78 is 37.0. The standard InChI is InChI=1S/C18H24N2O6S/c1-3-7-18(22)26-13-17(21)19-15-12-14(8-9-16(15)25-2)27(23,24)20-10-5-4-6-11-20/h3,7-9,12H,4-6,10-11,13H2,1-2H3,(H,19,21)/b7-3+. The number of piperidine rings is 1. The summed E-state index contributed by atoms with van der Waals surface area (Å²) in [6.07, 6.45) is 5.37. The monoisotopic (exact) mass is 396 g/mol. The number of nitrogens with one attached hydrogen (secondary N) is 1. The van der Waals surface area contributed by atoms with Crippen LogP contribution in [0.1, 0.15) is 26.2 Å². The van der Waals surface area contributed by atoms with Crippen LogP contribution in [0.15, 0.2) is 35.2 Å². The number of methoxy groups -OCH3 is 1. The van der Waals surface area contributed by atoms with Crippen molar-refractivity contribution in [3.05, 3.63) is 30.4 Å². The molecule has 27 heavy (non-hydrogen) atoms. The molecule has 0 radical (unpaired) electrons. The lowest BCUT2D eigenvalue weighted by molar-refractivity contribution is -0.142. The van der Waals surface area contributed by atoms with Crippen LogP contribution in [-0.2, 0) is 24.3 Å². The first-order chi connectivity index (χ1) is 12.9. The van der Waals surface area contributed by atoms with Gasteiger partial charge in [0, 0.05) is 19.2 Å². The zero-order valence-electron chi connectivity index (χ0n) is 15.4. The molecule has 0 atom stereocenters. The molecule has 0 aliphatic carbocycles. The number of sulfonamides is 1. The largest absolute Gasteiger partial charge is 0.495 e. The van der Waals surface area contributed by atoms with E-state index in [-0.39, 0.29) is 10.6 Å². The van der Waals surface area contributed by atoms with Gasteiger partial charge in [0.1, 0.15) is 5.75 Å². The van der Waals surface area contributed by atoms with Crippen LogP contribution in [0.5, 0.6) is 5.75 Å². The Balaban J connectivity index is 2.17. The molecule has 0 aromatic heterocycles. The summed E-state index contributed by atoms with van der Waals surface area (Å²) in [6, 6.07) is 4.29. The number of hydrogen-bond donors (Lipinski definition) is 1. The molecule has 0 spiro atoms. The predicted molar refractivity (Wildman–Crippen MR) is 100 cm³/mol. The Bertz CT molecular complexity index is 813. The molecule has 1 aliphatic heterocycles. The molecular formula is C18H24N2O6S. The Hall–Kier alpha value is -2.39. The van der Waals surface area contributed by atoms with E-state index in [4.69, 9.17) is 9.47 Å². The lowest BCUT2D eigenvalue weighted by atomic mass is 10.2. The number of anilines is 1. The molecule has 1 fully saturated rings. The molecule has 0 saturated carbocycles. The molecule has 1 aliphatic rings. The minimum absolute atomic E-state index is 0.0754. The first-order valence-corrected chi connectivity index (χ1v) is 10.1. The Labute approximate surface area is 159 Å². The Morgan fingerprint density at radius 2 is 1.93 bits per heavy atom. The summed E-state index contributed by atoms with van der Waals surface area (Å²) in [7, 11) is -2.23. The number of amides is 1. The molecule has 1 aromatic carbocycles. The summed E-state index contributed by atoms with van der Waals surface area (Å²) >= 11 is 0. The Morgan fingerprint density at radius 1 is 1.22 bits per heavy atom. The molecule has 0 unspecified atom stereocenters. The quantitative estimate of drug-likeness (QED) is 0.558. The van der Waals surface area contributed by atoms with E-state index in [2.05, 4.69) is 5.32 Å². The van der Waals surface area contributed by atoms with Crippen LogP contribution in [0.25, 0.3) is 0 Å². The number of nitrogens with zero attached hydrogens (tertiary/aromatic N) is 1. The molecule has 0 bridgehead atoms. The van der Waals surface area contributed by atoms with Gasteiger partial charge >= 0.3 is 5.97 Å². The van der Waals surface area contributed by atoms with Crippen molar-refractivity contribution in [3.63, 3.8) is 0 Å². The van der Waals surface area contributed by atoms with Crippen molar-refractivity contribution in [1.82, 2.24) is 4.31 Å². The fraction of sp³-hybridized carbons (Fsp3) is 0.444. The van der Waals surface area contributed by atoms with Gasteiger partial charge in [-0.1, -0.05) is 12.5 Å². The summed E-state index contributed by atoms with van der Waals surface area (Å²) in [4.78, 5) is 23.4. The fourth-order valence-electron chi connectivity index (χ4n) is 2.71. The maximum atomic E-state index is 12.8. The number of ether oxygens (including phenoxy) is 2. The van der Waals surface area contributed by atoms with Crippen molar-refractivity contribution in [2.45, 2.75) is 31.1 Å². The van der Waals surface area contributed by atoms with Crippen molar-refractivity contribution in [2.24, 2.45) is 0 Å². The minimum Gasteiger partial charge on any atom is -0.495 e. The number of carbonyl (C=O) groups is 2. The number of allylic oxidation sites excluding steroid dienone is 1. The molecular weight excluding hydrogens is 372 g/mol. The van der Waals surface area contributed by atoms with E-state index in [1.807, 2.05) is 0 Å². The second-order valence-corrected chi connectivity index (χ2v) is 7.92. The number of hydrogen-bond acceptors (Lipinski definition) is 6. The van der Waals surface area contributed by atoms with Crippen LogP contribution in [0.3, 0.4) is 0 Å². The highest BCUT2D eigenvalue weighted by Crippen LogP contribution is 2.29. The highest BCUT2D eigenvalue weighted by molar-refractivity contribution is 7.89. The van der Waals surface area contributed by atoms with Crippen LogP contribution < -0.4 is 10.1 Å². The molecule has 1 amide bonds. The van der Waals surface area contributed by atoms with E-state index in [0.29, 0.717) is 18.8 Å². The summed E-state index contributed by atoms with van der Waals surface area (Å²) in [5.41, 5.74) is 0.197. The van der Waals surface area contributed by atoms with E-state index in [1.165, 1.54) is 41.8 Å². The van der Waals surface area contributed by atoms with Gasteiger partial charge < -0.3 is 14.8 Å². The zero-order chi connectivity index (χ0) is 19.9. The third-order valence-electron chi connectivity index (χ3n) is 4.05. The second-order valence-electron chi connectivity index (χ2n) is 5.98. The van der Waals surface area contributed by atoms with Crippen molar-refractivity contribution in [1.29, 1.82) is 0 Å². The molecule has 148 valence electrons. The van der Waals surface area contributed by atoms with Crippen molar-refractivity contribution >= 4 is 27.6 Å². The van der Waals surface area contributed by atoms with Crippen molar-refractivity contribution < 1.29 is 27.5 Å². The fourth-order valence-corrected chi connectivity index (χ4v) is 4.25. The summed E-state index contributed by atoms with van der Waals surface area (Å²) in [5, 5.41) is 2.53. The predicted octanol–water partition coefficient (Wildman–Crippen LogP) is 1.93. The van der Waals surface area contributed by atoms with Crippen LogP contribution in [-0.4, -0.2) is 51.4 Å². The second kappa shape index (κ2) is 9.52. The average molecular weight is 396 g/mol. The maximum Gasteiger partial charge on any atom is 0.330 e. The minimum atomic E-state index is -3.65. The average Bonchev–Trinajstić information content (AvgIpc) is 2.67. The molecule has 1 saturated heterocycles. The van der Waals surface area contributed by atoms with Crippen molar-refractivity contribution in [2.75, 3.05) is 32.1 Å². The maximum absolute atomic E-state index is 12.8. The van der Waals surface area contributed by atoms with Gasteiger partial charge in [0.05, 0.1) is 17.7 Å². The van der Waals surface area contributed by atoms with E-state index >= 15 is 0 Å². The number of carbonyl (C=O) groups excluding carboxylic acids is 2. The highest BCUT2D eigenvalue weighted by Gasteiger charge is 2.27. The SMILES string of the molecule is C/C=C/C(=O)OCC(=O)Nc1cc(S(=O)(=O)N2CCCCC2)ccc1OC. The molecule has 8 nitrogen and oxygen atoms in total. The number of benzene rings is 1. The van der Waals surface area contributed by atoms with Gasteiger partial charge in [-0.05, 0) is 38.0 Å². The lowest BCUT2D eigenvalue weighted by Gasteiger charge is -2.26. The molecule has 1 aromatic rings. The summed E-state index contributed by atoms with van der Waals surface area (Å²) in [6.45, 7) is 2.13. The van der Waals surface area contributed by atoms with Crippen molar-refractivity contribution in [3.8, 4) is 5.75 Å².